The summed E-state index contributed by atoms with van der Waals surface area (Å²) in [5.41, 5.74) is 4.25. The SMILES string of the molecule is Cl.NC1CCN(c2c(F)cc3c(=O)c(C(=O)O)cn(C4CC4)c3c2F)C1. The van der Waals surface area contributed by atoms with Gasteiger partial charge in [-0.15, -0.1) is 12.4 Å². The van der Waals surface area contributed by atoms with Gasteiger partial charge >= 0.3 is 5.97 Å². The maximum Gasteiger partial charge on any atom is 0.341 e. The summed E-state index contributed by atoms with van der Waals surface area (Å²) in [4.78, 5) is 25.3. The third-order valence-electron chi connectivity index (χ3n) is 4.90. The van der Waals surface area contributed by atoms with Gasteiger partial charge in [0.15, 0.2) is 5.82 Å². The lowest BCUT2D eigenvalue weighted by Gasteiger charge is -2.22. The number of carboxylic acids is 1. The summed E-state index contributed by atoms with van der Waals surface area (Å²) in [5.74, 6) is -3.11. The predicted octanol–water partition coefficient (Wildman–Crippen LogP) is 2.27. The number of benzene rings is 1. The van der Waals surface area contributed by atoms with E-state index in [1.54, 1.807) is 4.90 Å². The molecule has 6 nitrogen and oxygen atoms in total. The van der Waals surface area contributed by atoms with E-state index in [0.717, 1.165) is 18.9 Å². The van der Waals surface area contributed by atoms with Gasteiger partial charge in [0.25, 0.3) is 0 Å². The van der Waals surface area contributed by atoms with Crippen LogP contribution in [-0.2, 0) is 0 Å². The van der Waals surface area contributed by atoms with Gasteiger partial charge in [0.2, 0.25) is 5.43 Å². The second-order valence-electron chi connectivity index (χ2n) is 6.73. The third-order valence-corrected chi connectivity index (χ3v) is 4.90. The number of carboxylic acid groups (broad SMARTS) is 1. The summed E-state index contributed by atoms with van der Waals surface area (Å²) < 4.78 is 31.3. The van der Waals surface area contributed by atoms with Crippen LogP contribution >= 0.6 is 12.4 Å². The predicted molar refractivity (Wildman–Crippen MR) is 95.4 cm³/mol. The van der Waals surface area contributed by atoms with Crippen molar-refractivity contribution >= 4 is 35.0 Å². The lowest BCUT2D eigenvalue weighted by molar-refractivity contribution is 0.0695. The van der Waals surface area contributed by atoms with Crippen LogP contribution < -0.4 is 16.1 Å². The number of carbonyl (C=O) groups is 1. The number of aromatic carboxylic acids is 1. The smallest absolute Gasteiger partial charge is 0.341 e. The molecule has 2 aromatic rings. The minimum Gasteiger partial charge on any atom is -0.477 e. The van der Waals surface area contributed by atoms with Gasteiger partial charge in [-0.2, -0.15) is 0 Å². The van der Waals surface area contributed by atoms with Gasteiger partial charge in [0.05, 0.1) is 10.9 Å². The Morgan fingerprint density at radius 3 is 2.50 bits per heavy atom. The Kier molecular flexibility index (Phi) is 4.66. The molecule has 1 aromatic heterocycles. The molecule has 0 bridgehead atoms. The normalized spacial score (nSPS) is 19.7. The minimum absolute atomic E-state index is 0. The first-order valence-electron chi connectivity index (χ1n) is 8.19. The average Bonchev–Trinajstić information content (AvgIpc) is 3.30. The monoisotopic (exact) mass is 385 g/mol. The first kappa shape index (κ1) is 18.6. The highest BCUT2D eigenvalue weighted by Gasteiger charge is 2.32. The molecule has 1 aromatic carbocycles. The molecule has 2 heterocycles. The Balaban J connectivity index is 0.00000196. The third kappa shape index (κ3) is 2.83. The molecule has 140 valence electrons. The Morgan fingerprint density at radius 1 is 1.27 bits per heavy atom. The lowest BCUT2D eigenvalue weighted by Crippen LogP contribution is -2.28. The van der Waals surface area contributed by atoms with E-state index in [0.29, 0.717) is 19.5 Å². The fraction of sp³-hybridized carbons (Fsp3) is 0.412. The molecule has 26 heavy (non-hydrogen) atoms. The lowest BCUT2D eigenvalue weighted by atomic mass is 10.1. The van der Waals surface area contributed by atoms with Gasteiger partial charge in [-0.25, -0.2) is 13.6 Å². The standard InChI is InChI=1S/C17H17F2N3O3.ClH/c18-12-5-10-14(13(19)15(12)21-4-3-8(20)6-21)22(9-1-2-9)7-11(16(10)23)17(24)25;/h5,7-9H,1-4,6,20H2,(H,24,25);1H. The largest absolute Gasteiger partial charge is 0.477 e. The van der Waals surface area contributed by atoms with Crippen molar-refractivity contribution in [3.05, 3.63) is 39.7 Å². The van der Waals surface area contributed by atoms with Gasteiger partial charge in [-0.05, 0) is 25.3 Å². The highest BCUT2D eigenvalue weighted by atomic mass is 35.5. The molecular weight excluding hydrogens is 368 g/mol. The Labute approximate surface area is 153 Å². The van der Waals surface area contributed by atoms with Crippen LogP contribution in [0.2, 0.25) is 0 Å². The van der Waals surface area contributed by atoms with Crippen molar-refractivity contribution in [2.75, 3.05) is 18.0 Å². The van der Waals surface area contributed by atoms with Gasteiger partial charge in [-0.1, -0.05) is 0 Å². The number of halogens is 3. The molecule has 2 fully saturated rings. The average molecular weight is 386 g/mol. The molecule has 0 radical (unpaired) electrons. The molecule has 1 saturated carbocycles. The fourth-order valence-corrected chi connectivity index (χ4v) is 3.50. The quantitative estimate of drug-likeness (QED) is 0.846. The van der Waals surface area contributed by atoms with Crippen LogP contribution in [0.1, 0.15) is 35.7 Å². The van der Waals surface area contributed by atoms with E-state index in [-0.39, 0.29) is 41.1 Å². The topological polar surface area (TPSA) is 88.6 Å². The first-order valence-corrected chi connectivity index (χ1v) is 8.19. The van der Waals surface area contributed by atoms with Crippen molar-refractivity contribution in [3.8, 4) is 0 Å². The number of hydrogen-bond donors (Lipinski definition) is 2. The van der Waals surface area contributed by atoms with Crippen molar-refractivity contribution in [1.82, 2.24) is 4.57 Å². The highest BCUT2D eigenvalue weighted by molar-refractivity contribution is 5.94. The van der Waals surface area contributed by atoms with Crippen LogP contribution in [-0.4, -0.2) is 34.8 Å². The molecule has 4 rings (SSSR count). The molecule has 1 atom stereocenters. The number of anilines is 1. The number of aromatic nitrogens is 1. The summed E-state index contributed by atoms with van der Waals surface area (Å²) >= 11 is 0. The van der Waals surface area contributed by atoms with E-state index in [2.05, 4.69) is 0 Å². The summed E-state index contributed by atoms with van der Waals surface area (Å²) in [5, 5.41) is 8.98. The van der Waals surface area contributed by atoms with E-state index in [1.807, 2.05) is 0 Å². The molecule has 2 aliphatic rings. The molecule has 1 aliphatic heterocycles. The number of fused-ring (bicyclic) bond motifs is 1. The first-order chi connectivity index (χ1) is 11.9. The highest BCUT2D eigenvalue weighted by Crippen LogP contribution is 2.40. The van der Waals surface area contributed by atoms with Crippen LogP contribution in [0.4, 0.5) is 14.5 Å². The van der Waals surface area contributed by atoms with Gasteiger partial charge in [0.1, 0.15) is 17.1 Å². The van der Waals surface area contributed by atoms with Gasteiger partial charge in [-0.3, -0.25) is 4.79 Å². The minimum atomic E-state index is -1.41. The van der Waals surface area contributed by atoms with Crippen LogP contribution in [0.15, 0.2) is 17.1 Å². The molecule has 9 heteroatoms. The van der Waals surface area contributed by atoms with Crippen molar-refractivity contribution in [3.63, 3.8) is 0 Å². The molecular formula is C17H18ClF2N3O3. The Bertz CT molecular complexity index is 959. The van der Waals surface area contributed by atoms with Crippen LogP contribution in [0.25, 0.3) is 10.9 Å². The second-order valence-corrected chi connectivity index (χ2v) is 6.73. The van der Waals surface area contributed by atoms with E-state index in [4.69, 9.17) is 5.73 Å². The van der Waals surface area contributed by atoms with Gasteiger partial charge < -0.3 is 20.3 Å². The van der Waals surface area contributed by atoms with E-state index in [1.165, 1.54) is 10.8 Å². The molecule has 1 unspecified atom stereocenters. The number of nitrogens with two attached hydrogens (primary N) is 1. The maximum absolute atomic E-state index is 15.2. The fourth-order valence-electron chi connectivity index (χ4n) is 3.50. The van der Waals surface area contributed by atoms with Crippen LogP contribution in [0.3, 0.4) is 0 Å². The van der Waals surface area contributed by atoms with E-state index in [9.17, 15) is 19.1 Å². The van der Waals surface area contributed by atoms with Crippen molar-refractivity contribution in [2.24, 2.45) is 5.73 Å². The summed E-state index contributed by atoms with van der Waals surface area (Å²) in [6, 6.07) is 0.718. The van der Waals surface area contributed by atoms with E-state index < -0.39 is 28.6 Å². The number of pyridine rings is 1. The zero-order chi connectivity index (χ0) is 17.9. The zero-order valence-corrected chi connectivity index (χ0v) is 14.6. The molecule has 0 amide bonds. The van der Waals surface area contributed by atoms with Crippen LogP contribution in [0, 0.1) is 11.6 Å². The second kappa shape index (κ2) is 6.51. The zero-order valence-electron chi connectivity index (χ0n) is 13.7. The summed E-state index contributed by atoms with van der Waals surface area (Å²) in [7, 11) is 0. The number of hydrogen-bond acceptors (Lipinski definition) is 4. The Morgan fingerprint density at radius 2 is 1.96 bits per heavy atom. The molecule has 0 spiro atoms. The van der Waals surface area contributed by atoms with Crippen molar-refractivity contribution in [2.45, 2.75) is 31.3 Å². The van der Waals surface area contributed by atoms with Crippen LogP contribution in [0.5, 0.6) is 0 Å². The van der Waals surface area contributed by atoms with Crippen molar-refractivity contribution in [1.29, 1.82) is 0 Å². The van der Waals surface area contributed by atoms with Crippen molar-refractivity contribution < 1.29 is 18.7 Å². The van der Waals surface area contributed by atoms with Gasteiger partial charge in [0, 0.05) is 31.4 Å². The van der Waals surface area contributed by atoms with E-state index >= 15 is 4.39 Å². The summed E-state index contributed by atoms with van der Waals surface area (Å²) in [6.45, 7) is 0.765. The molecule has 3 N–H and O–H groups in total. The Hall–Kier alpha value is -2.19. The summed E-state index contributed by atoms with van der Waals surface area (Å²) in [6.07, 6.45) is 3.32. The molecule has 1 aliphatic carbocycles. The number of nitrogens with zero attached hydrogens (tertiary/aromatic N) is 2. The molecule has 1 saturated heterocycles. The number of rotatable bonds is 3. The maximum atomic E-state index is 15.2.